The molecule has 3 aliphatic rings. The number of ether oxygens (including phenoxy) is 1. The predicted octanol–water partition coefficient (Wildman–Crippen LogP) is 2.33. The van der Waals surface area contributed by atoms with E-state index in [-0.39, 0.29) is 11.6 Å². The highest BCUT2D eigenvalue weighted by molar-refractivity contribution is 5.68. The molecule has 2 fully saturated rings. The normalized spacial score (nSPS) is 32.0. The summed E-state index contributed by atoms with van der Waals surface area (Å²) < 4.78 is 5.52. The van der Waals surface area contributed by atoms with Gasteiger partial charge in [0.15, 0.2) is 0 Å². The number of carbonyl (C=O) groups is 1. The SMILES string of the molecule is CN(C)[C@H]1CNC[C@@H]1C1=CCC(C)(N2CCN(C(=O)OC(C)(C)C)CC2)C=C1. The van der Waals surface area contributed by atoms with E-state index < -0.39 is 5.60 Å². The summed E-state index contributed by atoms with van der Waals surface area (Å²) >= 11 is 0. The van der Waals surface area contributed by atoms with Crippen LogP contribution in [0.25, 0.3) is 0 Å². The molecular formula is C22H38N4O2. The van der Waals surface area contributed by atoms with Crippen LogP contribution in [0.5, 0.6) is 0 Å². The molecule has 1 amide bonds. The van der Waals surface area contributed by atoms with Gasteiger partial charge in [-0.15, -0.1) is 0 Å². The lowest BCUT2D eigenvalue weighted by atomic mass is 9.82. The number of nitrogens with zero attached hydrogens (tertiary/aromatic N) is 3. The second-order valence-corrected chi connectivity index (χ2v) is 9.85. The van der Waals surface area contributed by atoms with Gasteiger partial charge in [-0.05, 0) is 53.8 Å². The van der Waals surface area contributed by atoms with E-state index in [1.807, 2.05) is 25.7 Å². The number of hydrogen-bond donors (Lipinski definition) is 1. The molecule has 0 aromatic rings. The molecule has 6 heteroatoms. The molecule has 2 aliphatic heterocycles. The highest BCUT2D eigenvalue weighted by Crippen LogP contribution is 2.33. The summed E-state index contributed by atoms with van der Waals surface area (Å²) in [7, 11) is 4.35. The summed E-state index contributed by atoms with van der Waals surface area (Å²) in [6, 6.07) is 0.567. The van der Waals surface area contributed by atoms with Gasteiger partial charge >= 0.3 is 6.09 Å². The highest BCUT2D eigenvalue weighted by Gasteiger charge is 2.37. The molecule has 0 radical (unpaired) electrons. The monoisotopic (exact) mass is 390 g/mol. The van der Waals surface area contributed by atoms with Gasteiger partial charge in [0.25, 0.3) is 0 Å². The number of likely N-dealkylation sites (N-methyl/N-ethyl adjacent to an activating group) is 1. The fourth-order valence-electron chi connectivity index (χ4n) is 4.52. The summed E-state index contributed by atoms with van der Waals surface area (Å²) in [6.45, 7) is 13.4. The van der Waals surface area contributed by atoms with E-state index >= 15 is 0 Å². The summed E-state index contributed by atoms with van der Waals surface area (Å²) in [5.41, 5.74) is 1.06. The van der Waals surface area contributed by atoms with E-state index in [1.165, 1.54) is 5.57 Å². The number of piperazine rings is 1. The zero-order valence-corrected chi connectivity index (χ0v) is 18.5. The van der Waals surface area contributed by atoms with Crippen molar-refractivity contribution in [3.05, 3.63) is 23.8 Å². The third-order valence-corrected chi connectivity index (χ3v) is 6.31. The Morgan fingerprint density at radius 1 is 1.21 bits per heavy atom. The summed E-state index contributed by atoms with van der Waals surface area (Å²) in [6.07, 6.45) is 8.01. The van der Waals surface area contributed by atoms with Crippen LogP contribution in [0.3, 0.4) is 0 Å². The Hall–Kier alpha value is -1.37. The molecule has 0 aromatic heterocycles. The molecule has 3 rings (SSSR count). The first kappa shape index (κ1) is 21.3. The van der Waals surface area contributed by atoms with Crippen molar-refractivity contribution in [1.29, 1.82) is 0 Å². The van der Waals surface area contributed by atoms with Gasteiger partial charge in [0.1, 0.15) is 5.60 Å². The number of amides is 1. The molecule has 28 heavy (non-hydrogen) atoms. The summed E-state index contributed by atoms with van der Waals surface area (Å²) in [5, 5.41) is 3.54. The molecule has 3 atom stereocenters. The Bertz CT molecular complexity index is 629. The van der Waals surface area contributed by atoms with E-state index in [4.69, 9.17) is 4.74 Å². The first-order chi connectivity index (χ1) is 13.1. The second kappa shape index (κ2) is 8.17. The Labute approximate surface area is 170 Å². The molecular weight excluding hydrogens is 352 g/mol. The average molecular weight is 391 g/mol. The molecule has 0 bridgehead atoms. The molecule has 2 heterocycles. The van der Waals surface area contributed by atoms with Crippen LogP contribution in [0.2, 0.25) is 0 Å². The molecule has 0 spiro atoms. The van der Waals surface area contributed by atoms with Crippen molar-refractivity contribution in [3.63, 3.8) is 0 Å². The maximum absolute atomic E-state index is 12.3. The van der Waals surface area contributed by atoms with Crippen LogP contribution < -0.4 is 5.32 Å². The summed E-state index contributed by atoms with van der Waals surface area (Å²) in [4.78, 5) is 19.0. The smallest absolute Gasteiger partial charge is 0.410 e. The van der Waals surface area contributed by atoms with Gasteiger partial charge in [-0.25, -0.2) is 4.79 Å². The van der Waals surface area contributed by atoms with Crippen LogP contribution in [0.1, 0.15) is 34.1 Å². The second-order valence-electron chi connectivity index (χ2n) is 9.85. The quantitative estimate of drug-likeness (QED) is 0.802. The summed E-state index contributed by atoms with van der Waals surface area (Å²) in [5.74, 6) is 0.569. The lowest BCUT2D eigenvalue weighted by Gasteiger charge is -2.45. The first-order valence-electron chi connectivity index (χ1n) is 10.6. The van der Waals surface area contributed by atoms with Gasteiger partial charge in [-0.2, -0.15) is 0 Å². The fraction of sp³-hybridized carbons (Fsp3) is 0.773. The maximum Gasteiger partial charge on any atom is 0.410 e. The largest absolute Gasteiger partial charge is 0.444 e. The molecule has 1 unspecified atom stereocenters. The molecule has 2 saturated heterocycles. The lowest BCUT2D eigenvalue weighted by molar-refractivity contribution is 0.00554. The number of rotatable bonds is 3. The molecule has 0 aromatic carbocycles. The minimum absolute atomic E-state index is 0.0309. The maximum atomic E-state index is 12.3. The van der Waals surface area contributed by atoms with Gasteiger partial charge in [0, 0.05) is 56.8 Å². The fourth-order valence-corrected chi connectivity index (χ4v) is 4.52. The standard InChI is InChI=1S/C22H38N4O2/c1-21(2,3)28-20(27)25-11-13-26(14-12-25)22(4)9-7-17(8-10-22)18-15-23-16-19(18)24(5)6/h7-9,18-19,23H,10-16H2,1-6H3/t18-,19+,22?/m1/s1. The average Bonchev–Trinajstić information content (AvgIpc) is 3.11. The topological polar surface area (TPSA) is 48.0 Å². The first-order valence-corrected chi connectivity index (χ1v) is 10.6. The van der Waals surface area contributed by atoms with Crippen molar-refractivity contribution < 1.29 is 9.53 Å². The Kier molecular flexibility index (Phi) is 6.23. The van der Waals surface area contributed by atoms with Crippen molar-refractivity contribution >= 4 is 6.09 Å². The van der Waals surface area contributed by atoms with E-state index in [1.54, 1.807) is 0 Å². The van der Waals surface area contributed by atoms with Crippen LogP contribution in [-0.2, 0) is 4.74 Å². The van der Waals surface area contributed by atoms with Crippen molar-refractivity contribution in [3.8, 4) is 0 Å². The zero-order valence-electron chi connectivity index (χ0n) is 18.5. The van der Waals surface area contributed by atoms with E-state index in [9.17, 15) is 4.79 Å². The Balaban J connectivity index is 1.56. The molecule has 0 saturated carbocycles. The van der Waals surface area contributed by atoms with Gasteiger partial charge in [-0.1, -0.05) is 18.2 Å². The van der Waals surface area contributed by atoms with E-state index in [0.29, 0.717) is 12.0 Å². The molecule has 158 valence electrons. The van der Waals surface area contributed by atoms with Crippen molar-refractivity contribution in [2.75, 3.05) is 53.4 Å². The van der Waals surface area contributed by atoms with Crippen LogP contribution >= 0.6 is 0 Å². The third-order valence-electron chi connectivity index (χ3n) is 6.31. The van der Waals surface area contributed by atoms with Crippen molar-refractivity contribution in [2.45, 2.75) is 51.3 Å². The van der Waals surface area contributed by atoms with Crippen molar-refractivity contribution in [2.24, 2.45) is 5.92 Å². The number of allylic oxidation sites excluding steroid dienone is 1. The minimum atomic E-state index is -0.437. The Morgan fingerprint density at radius 3 is 2.43 bits per heavy atom. The lowest BCUT2D eigenvalue weighted by Crippen LogP contribution is -2.56. The van der Waals surface area contributed by atoms with Gasteiger partial charge in [-0.3, -0.25) is 4.90 Å². The molecule has 1 aliphatic carbocycles. The number of nitrogens with one attached hydrogen (secondary N) is 1. The minimum Gasteiger partial charge on any atom is -0.444 e. The van der Waals surface area contributed by atoms with Gasteiger partial charge < -0.3 is 19.9 Å². The number of carbonyl (C=O) groups excluding carboxylic acids is 1. The predicted molar refractivity (Wildman–Crippen MR) is 113 cm³/mol. The van der Waals surface area contributed by atoms with E-state index in [0.717, 1.165) is 45.7 Å². The van der Waals surface area contributed by atoms with Crippen molar-refractivity contribution in [1.82, 2.24) is 20.0 Å². The van der Waals surface area contributed by atoms with Gasteiger partial charge in [0.05, 0.1) is 0 Å². The van der Waals surface area contributed by atoms with E-state index in [2.05, 4.69) is 54.4 Å². The molecule has 1 N–H and O–H groups in total. The van der Waals surface area contributed by atoms with Crippen LogP contribution in [0, 0.1) is 5.92 Å². The molecule has 6 nitrogen and oxygen atoms in total. The highest BCUT2D eigenvalue weighted by atomic mass is 16.6. The van der Waals surface area contributed by atoms with Crippen LogP contribution in [-0.4, -0.2) is 91.3 Å². The third kappa shape index (κ3) is 4.78. The van der Waals surface area contributed by atoms with Crippen LogP contribution in [0.15, 0.2) is 23.8 Å². The zero-order chi connectivity index (χ0) is 20.5. The van der Waals surface area contributed by atoms with Crippen LogP contribution in [0.4, 0.5) is 4.79 Å². The number of hydrogen-bond acceptors (Lipinski definition) is 5. The van der Waals surface area contributed by atoms with Gasteiger partial charge in [0.2, 0.25) is 0 Å². The Morgan fingerprint density at radius 2 is 1.89 bits per heavy atom.